The fourth-order valence-corrected chi connectivity index (χ4v) is 5.05. The Morgan fingerprint density at radius 1 is 0.559 bits per heavy atom. The highest BCUT2D eigenvalue weighted by Crippen LogP contribution is 2.55. The van der Waals surface area contributed by atoms with Crippen molar-refractivity contribution >= 4 is 21.5 Å². The molecule has 5 N–H and O–H groups in total. The van der Waals surface area contributed by atoms with E-state index in [2.05, 4.69) is 0 Å². The summed E-state index contributed by atoms with van der Waals surface area (Å²) in [5.74, 6) is 0.130. The molecule has 0 aliphatic carbocycles. The molecule has 34 heavy (non-hydrogen) atoms. The maximum Gasteiger partial charge on any atom is 0.135 e. The van der Waals surface area contributed by atoms with Crippen LogP contribution in [0.15, 0.2) is 78.9 Å². The monoisotopic (exact) mass is 452 g/mol. The molecule has 6 heteroatoms. The topological polar surface area (TPSA) is 110 Å². The van der Waals surface area contributed by atoms with Gasteiger partial charge in [0.15, 0.2) is 0 Å². The van der Waals surface area contributed by atoms with Crippen molar-refractivity contribution in [2.24, 2.45) is 0 Å². The Hall–Kier alpha value is -4.58. The summed E-state index contributed by atoms with van der Waals surface area (Å²) < 4.78 is 6.35. The van der Waals surface area contributed by atoms with Crippen molar-refractivity contribution in [3.05, 3.63) is 95.6 Å². The molecular weight excluding hydrogens is 432 g/mol. The van der Waals surface area contributed by atoms with Crippen molar-refractivity contribution in [2.45, 2.75) is 12.0 Å². The molecule has 0 bridgehead atoms. The minimum Gasteiger partial charge on any atom is -0.508 e. The lowest BCUT2D eigenvalue weighted by atomic mass is 9.82. The van der Waals surface area contributed by atoms with Crippen LogP contribution in [0.25, 0.3) is 21.5 Å². The second-order valence-electron chi connectivity index (χ2n) is 8.59. The summed E-state index contributed by atoms with van der Waals surface area (Å²) in [6.07, 6.45) is -0.540. The fraction of sp³-hybridized carbons (Fsp3) is 0.0714. The van der Waals surface area contributed by atoms with Crippen molar-refractivity contribution in [1.29, 1.82) is 0 Å². The lowest BCUT2D eigenvalue weighted by Crippen LogP contribution is -2.11. The second kappa shape index (κ2) is 7.22. The molecule has 0 saturated carbocycles. The quantitative estimate of drug-likeness (QED) is 0.217. The molecule has 6 rings (SSSR count). The molecule has 1 heterocycles. The summed E-state index contributed by atoms with van der Waals surface area (Å²) in [7, 11) is 0. The van der Waals surface area contributed by atoms with Crippen LogP contribution in [0, 0.1) is 0 Å². The van der Waals surface area contributed by atoms with Gasteiger partial charge in [-0.05, 0) is 63.7 Å². The Bertz CT molecular complexity index is 1570. The molecule has 0 unspecified atom stereocenters. The van der Waals surface area contributed by atoms with Gasteiger partial charge in [-0.3, -0.25) is 0 Å². The predicted octanol–water partition coefficient (Wildman–Crippen LogP) is 5.79. The molecule has 168 valence electrons. The third-order valence-corrected chi connectivity index (χ3v) is 6.46. The van der Waals surface area contributed by atoms with E-state index in [1.807, 2.05) is 12.1 Å². The minimum atomic E-state index is -0.540. The smallest absolute Gasteiger partial charge is 0.135 e. The van der Waals surface area contributed by atoms with Crippen LogP contribution in [0.2, 0.25) is 0 Å². The molecule has 6 nitrogen and oxygen atoms in total. The fourth-order valence-electron chi connectivity index (χ4n) is 5.05. The Morgan fingerprint density at radius 2 is 1.24 bits per heavy atom. The number of ether oxygens (including phenoxy) is 1. The largest absolute Gasteiger partial charge is 0.508 e. The normalized spacial score (nSPS) is 17.1. The van der Waals surface area contributed by atoms with E-state index in [0.29, 0.717) is 22.1 Å². The Kier molecular flexibility index (Phi) is 4.26. The van der Waals surface area contributed by atoms with Gasteiger partial charge in [0.25, 0.3) is 0 Å². The highest BCUT2D eigenvalue weighted by atomic mass is 16.5. The third-order valence-electron chi connectivity index (χ3n) is 6.46. The van der Waals surface area contributed by atoms with E-state index in [0.717, 1.165) is 21.9 Å². The lowest BCUT2D eigenvalue weighted by Gasteiger charge is -2.21. The van der Waals surface area contributed by atoms with Crippen LogP contribution in [0.1, 0.15) is 28.7 Å². The van der Waals surface area contributed by atoms with Gasteiger partial charge < -0.3 is 30.3 Å². The number of fused-ring (bicyclic) bond motifs is 5. The molecule has 5 aromatic carbocycles. The van der Waals surface area contributed by atoms with Crippen molar-refractivity contribution < 1.29 is 30.3 Å². The third kappa shape index (κ3) is 3.03. The molecular formula is C28H20O6. The van der Waals surface area contributed by atoms with Gasteiger partial charge in [0.1, 0.15) is 40.6 Å². The zero-order valence-electron chi connectivity index (χ0n) is 17.8. The van der Waals surface area contributed by atoms with E-state index in [1.165, 1.54) is 6.07 Å². The van der Waals surface area contributed by atoms with Gasteiger partial charge in [0.05, 0.1) is 5.92 Å². The Balaban J connectivity index is 1.67. The van der Waals surface area contributed by atoms with Gasteiger partial charge in [-0.15, -0.1) is 0 Å². The number of aromatic hydroxyl groups is 5. The van der Waals surface area contributed by atoms with Crippen molar-refractivity contribution in [1.82, 2.24) is 0 Å². The van der Waals surface area contributed by atoms with Gasteiger partial charge in [-0.2, -0.15) is 0 Å². The number of hydrogen-bond acceptors (Lipinski definition) is 6. The van der Waals surface area contributed by atoms with E-state index < -0.39 is 12.0 Å². The summed E-state index contributed by atoms with van der Waals surface area (Å²) in [6, 6.07) is 21.5. The number of phenols is 5. The summed E-state index contributed by atoms with van der Waals surface area (Å²) in [4.78, 5) is 0. The van der Waals surface area contributed by atoms with Gasteiger partial charge in [-0.25, -0.2) is 0 Å². The van der Waals surface area contributed by atoms with E-state index >= 15 is 0 Å². The van der Waals surface area contributed by atoms with Crippen LogP contribution < -0.4 is 4.74 Å². The number of phenolic OH excluding ortho intramolecular Hbond substituents is 5. The average Bonchev–Trinajstić information content (AvgIpc) is 3.17. The van der Waals surface area contributed by atoms with Crippen molar-refractivity contribution in [3.8, 4) is 34.5 Å². The molecule has 0 saturated heterocycles. The average molecular weight is 452 g/mol. The van der Waals surface area contributed by atoms with Gasteiger partial charge in [-0.1, -0.05) is 30.3 Å². The zero-order valence-corrected chi connectivity index (χ0v) is 17.8. The predicted molar refractivity (Wildman–Crippen MR) is 128 cm³/mol. The van der Waals surface area contributed by atoms with Gasteiger partial charge >= 0.3 is 0 Å². The summed E-state index contributed by atoms with van der Waals surface area (Å²) in [5.41, 5.74) is 2.21. The maximum absolute atomic E-state index is 11.0. The van der Waals surface area contributed by atoms with Crippen LogP contribution in [0.4, 0.5) is 0 Å². The first kappa shape index (κ1) is 20.1. The molecule has 2 atom stereocenters. The van der Waals surface area contributed by atoms with E-state index in [9.17, 15) is 25.5 Å². The van der Waals surface area contributed by atoms with E-state index in [1.54, 1.807) is 60.7 Å². The van der Waals surface area contributed by atoms with Gasteiger partial charge in [0, 0.05) is 23.1 Å². The molecule has 0 amide bonds. The molecule has 1 aliphatic heterocycles. The number of rotatable bonds is 2. The van der Waals surface area contributed by atoms with E-state index in [4.69, 9.17) is 4.74 Å². The molecule has 1 aliphatic rings. The SMILES string of the molecule is Oc1ccc([C@@H]2Oc3cc(O)c4c(ccc5ccc(O)cc54)c3[C@H]2c2cc(O)cc(O)c2)cc1. The number of benzene rings is 5. The Labute approximate surface area is 194 Å². The van der Waals surface area contributed by atoms with Gasteiger partial charge in [0.2, 0.25) is 0 Å². The van der Waals surface area contributed by atoms with E-state index in [-0.39, 0.29) is 28.7 Å². The summed E-state index contributed by atoms with van der Waals surface area (Å²) in [5, 5.41) is 54.2. The van der Waals surface area contributed by atoms with Crippen molar-refractivity contribution in [2.75, 3.05) is 0 Å². The highest BCUT2D eigenvalue weighted by molar-refractivity contribution is 6.13. The molecule has 0 fully saturated rings. The molecule has 5 aromatic rings. The zero-order chi connectivity index (χ0) is 23.6. The second-order valence-corrected chi connectivity index (χ2v) is 8.59. The molecule has 0 spiro atoms. The summed E-state index contributed by atoms with van der Waals surface area (Å²) >= 11 is 0. The number of hydrogen-bond donors (Lipinski definition) is 5. The van der Waals surface area contributed by atoms with Crippen LogP contribution in [-0.4, -0.2) is 25.5 Å². The minimum absolute atomic E-state index is 0.0220. The van der Waals surface area contributed by atoms with Crippen LogP contribution >= 0.6 is 0 Å². The van der Waals surface area contributed by atoms with Crippen LogP contribution in [0.5, 0.6) is 34.5 Å². The standard InChI is InChI=1S/C28H20O6/c29-17-5-2-15(3-6-17)28-25(16-9-19(31)11-20(32)10-16)27-21-8-4-14-1-7-18(30)12-22(14)26(21)23(33)13-24(27)34-28/h1-13,25,28-33H/t25-,28+/m1/s1. The van der Waals surface area contributed by atoms with Crippen LogP contribution in [-0.2, 0) is 0 Å². The first-order valence-corrected chi connectivity index (χ1v) is 10.8. The first-order chi connectivity index (χ1) is 16.4. The Morgan fingerprint density at radius 3 is 1.97 bits per heavy atom. The van der Waals surface area contributed by atoms with Crippen LogP contribution in [0.3, 0.4) is 0 Å². The molecule has 0 radical (unpaired) electrons. The van der Waals surface area contributed by atoms with Crippen molar-refractivity contribution in [3.63, 3.8) is 0 Å². The molecule has 0 aromatic heterocycles. The summed E-state index contributed by atoms with van der Waals surface area (Å²) in [6.45, 7) is 0. The maximum atomic E-state index is 11.0. The highest BCUT2D eigenvalue weighted by Gasteiger charge is 2.39. The lowest BCUT2D eigenvalue weighted by molar-refractivity contribution is 0.221. The first-order valence-electron chi connectivity index (χ1n) is 10.8.